The van der Waals surface area contributed by atoms with Crippen LogP contribution in [0.25, 0.3) is 17.0 Å². The van der Waals surface area contributed by atoms with Crippen molar-refractivity contribution in [2.45, 2.75) is 19.6 Å². The van der Waals surface area contributed by atoms with Gasteiger partial charge >= 0.3 is 0 Å². The molecule has 0 radical (unpaired) electrons. The van der Waals surface area contributed by atoms with Crippen LogP contribution >= 0.6 is 0 Å². The fourth-order valence-corrected chi connectivity index (χ4v) is 2.92. The molecule has 0 bridgehead atoms. The number of phenolic OH excluding ortho intramolecular Hbond substituents is 1. The van der Waals surface area contributed by atoms with Crippen molar-refractivity contribution >= 4 is 11.5 Å². The Morgan fingerprint density at radius 3 is 2.82 bits per heavy atom. The van der Waals surface area contributed by atoms with E-state index in [0.717, 1.165) is 0 Å². The van der Waals surface area contributed by atoms with E-state index in [9.17, 15) is 14.6 Å². The fourth-order valence-electron chi connectivity index (χ4n) is 2.92. The van der Waals surface area contributed by atoms with Gasteiger partial charge in [-0.1, -0.05) is 0 Å². The second kappa shape index (κ2) is 7.20. The maximum absolute atomic E-state index is 13.5. The highest BCUT2D eigenvalue weighted by atomic mass is 19.1. The molecule has 9 heteroatoms. The Kier molecular flexibility index (Phi) is 4.58. The van der Waals surface area contributed by atoms with Gasteiger partial charge in [0.15, 0.2) is 5.65 Å². The molecule has 0 aliphatic rings. The van der Waals surface area contributed by atoms with Crippen LogP contribution in [0, 0.1) is 5.82 Å². The van der Waals surface area contributed by atoms with E-state index in [1.165, 1.54) is 24.5 Å². The van der Waals surface area contributed by atoms with Crippen LogP contribution in [0.2, 0.25) is 0 Å². The Bertz CT molecular complexity index is 1150. The second-order valence-electron chi connectivity index (χ2n) is 6.25. The predicted molar refractivity (Wildman–Crippen MR) is 100 cm³/mol. The van der Waals surface area contributed by atoms with Crippen molar-refractivity contribution in [3.63, 3.8) is 0 Å². The molecule has 3 heterocycles. The van der Waals surface area contributed by atoms with Crippen molar-refractivity contribution in [1.29, 1.82) is 0 Å². The van der Waals surface area contributed by atoms with Crippen LogP contribution in [0.4, 0.5) is 10.2 Å². The van der Waals surface area contributed by atoms with Crippen LogP contribution in [0.5, 0.6) is 5.75 Å². The lowest BCUT2D eigenvalue weighted by molar-refractivity contribution is 0.276. The smallest absolute Gasteiger partial charge is 0.154 e. The van der Waals surface area contributed by atoms with E-state index < -0.39 is 5.82 Å². The third-order valence-electron chi connectivity index (χ3n) is 4.33. The van der Waals surface area contributed by atoms with Crippen LogP contribution in [0.3, 0.4) is 0 Å². The summed E-state index contributed by atoms with van der Waals surface area (Å²) in [5.74, 6) is 0.0906. The third kappa shape index (κ3) is 3.35. The molecule has 0 saturated carbocycles. The standard InChI is InChI=1S/C19H17FN6O2/c1-11(14-6-12(20)2-3-17(14)28)24-18-4-5-19-21-8-16(26(19)25-18)15-7-13(9-27)22-10-23-15/h2-8,10-11,27-28H,9H2,1H3,(H,24,25)/t11-/m0/s1. The molecule has 3 aromatic heterocycles. The summed E-state index contributed by atoms with van der Waals surface area (Å²) in [6.45, 7) is 1.61. The lowest BCUT2D eigenvalue weighted by atomic mass is 10.1. The largest absolute Gasteiger partial charge is 0.508 e. The number of hydrogen-bond acceptors (Lipinski definition) is 7. The number of hydrogen-bond donors (Lipinski definition) is 3. The molecule has 1 aromatic carbocycles. The minimum Gasteiger partial charge on any atom is -0.508 e. The van der Waals surface area contributed by atoms with Crippen molar-refractivity contribution in [2.24, 2.45) is 0 Å². The molecule has 4 aromatic rings. The number of aromatic hydroxyl groups is 1. The Labute approximate surface area is 159 Å². The van der Waals surface area contributed by atoms with Crippen molar-refractivity contribution in [3.8, 4) is 17.1 Å². The van der Waals surface area contributed by atoms with E-state index in [4.69, 9.17) is 0 Å². The topological polar surface area (TPSA) is 108 Å². The summed E-state index contributed by atoms with van der Waals surface area (Å²) in [6, 6.07) is 8.62. The average Bonchev–Trinajstić information content (AvgIpc) is 3.13. The molecule has 8 nitrogen and oxygen atoms in total. The number of aliphatic hydroxyl groups excluding tert-OH is 1. The SMILES string of the molecule is C[C@H](Nc1ccc2ncc(-c3cc(CO)ncn3)n2n1)c1cc(F)ccc1O. The normalized spacial score (nSPS) is 12.2. The second-order valence-corrected chi connectivity index (χ2v) is 6.25. The lowest BCUT2D eigenvalue weighted by Crippen LogP contribution is -2.10. The van der Waals surface area contributed by atoms with Gasteiger partial charge in [-0.15, -0.1) is 5.10 Å². The molecule has 0 amide bonds. The molecule has 142 valence electrons. The van der Waals surface area contributed by atoms with Crippen molar-refractivity contribution < 1.29 is 14.6 Å². The van der Waals surface area contributed by atoms with Crippen molar-refractivity contribution in [3.05, 3.63) is 66.0 Å². The summed E-state index contributed by atoms with van der Waals surface area (Å²) in [5, 5.41) is 26.9. The molecule has 0 aliphatic heterocycles. The first-order valence-electron chi connectivity index (χ1n) is 8.57. The van der Waals surface area contributed by atoms with Gasteiger partial charge in [0, 0.05) is 5.56 Å². The van der Waals surface area contributed by atoms with Crippen LogP contribution in [0.15, 0.2) is 48.9 Å². The molecule has 0 aliphatic carbocycles. The van der Waals surface area contributed by atoms with E-state index in [0.29, 0.717) is 34.1 Å². The van der Waals surface area contributed by atoms with Crippen molar-refractivity contribution in [1.82, 2.24) is 24.6 Å². The molecule has 28 heavy (non-hydrogen) atoms. The van der Waals surface area contributed by atoms with E-state index in [2.05, 4.69) is 25.4 Å². The first-order chi connectivity index (χ1) is 13.5. The molecular formula is C19H17FN6O2. The molecule has 1 atom stereocenters. The third-order valence-corrected chi connectivity index (χ3v) is 4.33. The minimum absolute atomic E-state index is 0.00307. The van der Waals surface area contributed by atoms with Crippen LogP contribution in [0.1, 0.15) is 24.2 Å². The number of anilines is 1. The first-order valence-corrected chi connectivity index (χ1v) is 8.57. The molecule has 0 unspecified atom stereocenters. The van der Waals surface area contributed by atoms with Crippen LogP contribution in [-0.2, 0) is 6.61 Å². The summed E-state index contributed by atoms with van der Waals surface area (Å²) in [6.07, 6.45) is 3.01. The average molecular weight is 380 g/mol. The monoisotopic (exact) mass is 380 g/mol. The number of benzene rings is 1. The zero-order valence-electron chi connectivity index (χ0n) is 14.9. The van der Waals surface area contributed by atoms with Crippen molar-refractivity contribution in [2.75, 3.05) is 5.32 Å². The number of imidazole rings is 1. The van der Waals surface area contributed by atoms with Gasteiger partial charge in [0.25, 0.3) is 0 Å². The minimum atomic E-state index is -0.426. The number of aliphatic hydroxyl groups is 1. The number of fused-ring (bicyclic) bond motifs is 1. The Hall–Kier alpha value is -3.59. The Balaban J connectivity index is 1.68. The lowest BCUT2D eigenvalue weighted by Gasteiger charge is -2.16. The number of aromatic nitrogens is 5. The van der Waals surface area contributed by atoms with Gasteiger partial charge in [0.1, 0.15) is 29.4 Å². The highest BCUT2D eigenvalue weighted by Crippen LogP contribution is 2.27. The van der Waals surface area contributed by atoms with E-state index in [1.54, 1.807) is 35.8 Å². The van der Waals surface area contributed by atoms with Gasteiger partial charge in [0.05, 0.1) is 30.2 Å². The maximum atomic E-state index is 13.5. The Morgan fingerprint density at radius 1 is 1.14 bits per heavy atom. The zero-order valence-corrected chi connectivity index (χ0v) is 14.9. The number of halogens is 1. The summed E-state index contributed by atoms with van der Waals surface area (Å²) in [7, 11) is 0. The number of rotatable bonds is 5. The highest BCUT2D eigenvalue weighted by Gasteiger charge is 2.14. The van der Waals surface area contributed by atoms with Crippen LogP contribution in [-0.4, -0.2) is 34.8 Å². The molecule has 0 fully saturated rings. The maximum Gasteiger partial charge on any atom is 0.154 e. The van der Waals surface area contributed by atoms with E-state index >= 15 is 0 Å². The van der Waals surface area contributed by atoms with Gasteiger partial charge < -0.3 is 15.5 Å². The number of nitrogens with zero attached hydrogens (tertiary/aromatic N) is 5. The van der Waals surface area contributed by atoms with Gasteiger partial charge in [-0.05, 0) is 43.3 Å². The van der Waals surface area contributed by atoms with Crippen LogP contribution < -0.4 is 5.32 Å². The molecule has 0 spiro atoms. The molecule has 0 saturated heterocycles. The summed E-state index contributed by atoms with van der Waals surface area (Å²) < 4.78 is 15.1. The zero-order chi connectivity index (χ0) is 19.7. The molecule has 3 N–H and O–H groups in total. The van der Waals surface area contributed by atoms with Gasteiger partial charge in [-0.3, -0.25) is 0 Å². The quantitative estimate of drug-likeness (QED) is 0.488. The van der Waals surface area contributed by atoms with E-state index in [-0.39, 0.29) is 18.4 Å². The van der Waals surface area contributed by atoms with Gasteiger partial charge in [0.2, 0.25) is 0 Å². The van der Waals surface area contributed by atoms with E-state index in [1.807, 2.05) is 0 Å². The summed E-state index contributed by atoms with van der Waals surface area (Å²) in [5.41, 5.74) is 2.75. The van der Waals surface area contributed by atoms with Gasteiger partial charge in [-0.25, -0.2) is 23.9 Å². The fraction of sp³-hybridized carbons (Fsp3) is 0.158. The Morgan fingerprint density at radius 2 is 2.00 bits per heavy atom. The molecular weight excluding hydrogens is 363 g/mol. The van der Waals surface area contributed by atoms with Gasteiger partial charge in [-0.2, -0.15) is 0 Å². The first kappa shape index (κ1) is 17.8. The number of nitrogens with one attached hydrogen (secondary N) is 1. The highest BCUT2D eigenvalue weighted by molar-refractivity contribution is 5.60. The number of phenols is 1. The predicted octanol–water partition coefficient (Wildman–Crippen LogP) is 2.70. The molecule has 4 rings (SSSR count). The summed E-state index contributed by atoms with van der Waals surface area (Å²) in [4.78, 5) is 12.5. The summed E-state index contributed by atoms with van der Waals surface area (Å²) >= 11 is 0.